The molecule has 5 heteroatoms. The highest BCUT2D eigenvalue weighted by atomic mass is 32.1. The second kappa shape index (κ2) is 10.4. The highest BCUT2D eigenvalue weighted by molar-refractivity contribution is 7.12. The lowest BCUT2D eigenvalue weighted by molar-refractivity contribution is 0.0956. The summed E-state index contributed by atoms with van der Waals surface area (Å²) >= 11 is 1.45. The van der Waals surface area contributed by atoms with Crippen LogP contribution in [0.1, 0.15) is 28.1 Å². The first kappa shape index (κ1) is 19.0. The van der Waals surface area contributed by atoms with Gasteiger partial charge in [-0.05, 0) is 54.1 Å². The van der Waals surface area contributed by atoms with Crippen LogP contribution in [-0.4, -0.2) is 19.1 Å². The van der Waals surface area contributed by atoms with Gasteiger partial charge in [-0.15, -0.1) is 11.3 Å². The average Bonchev–Trinajstić information content (AvgIpc) is 3.25. The van der Waals surface area contributed by atoms with Gasteiger partial charge in [0.1, 0.15) is 18.1 Å². The molecule has 3 aromatic rings. The summed E-state index contributed by atoms with van der Waals surface area (Å²) in [5.41, 5.74) is 1.14. The van der Waals surface area contributed by atoms with Gasteiger partial charge in [0.15, 0.2) is 0 Å². The van der Waals surface area contributed by atoms with Crippen molar-refractivity contribution in [1.82, 2.24) is 5.32 Å². The van der Waals surface area contributed by atoms with Crippen LogP contribution in [0.25, 0.3) is 0 Å². The van der Waals surface area contributed by atoms with Crippen LogP contribution in [0.4, 0.5) is 0 Å². The van der Waals surface area contributed by atoms with Crippen molar-refractivity contribution < 1.29 is 14.3 Å². The molecule has 0 aliphatic rings. The van der Waals surface area contributed by atoms with E-state index in [-0.39, 0.29) is 5.91 Å². The molecule has 1 N–H and O–H groups in total. The molecule has 4 nitrogen and oxygen atoms in total. The fourth-order valence-electron chi connectivity index (χ4n) is 2.49. The standard InChI is InChI=1S/C22H23NO3S/c24-22(21-9-6-16-27-21)23-14-4-5-15-25-19-10-12-20(13-11-19)26-17-18-7-2-1-3-8-18/h1-3,6-13,16H,4-5,14-15,17H2,(H,23,24). The number of thiophene rings is 1. The van der Waals surface area contributed by atoms with Gasteiger partial charge in [-0.25, -0.2) is 0 Å². The van der Waals surface area contributed by atoms with Crippen LogP contribution in [0.3, 0.4) is 0 Å². The van der Waals surface area contributed by atoms with Gasteiger partial charge in [-0.1, -0.05) is 36.4 Å². The Morgan fingerprint density at radius 3 is 2.30 bits per heavy atom. The summed E-state index contributed by atoms with van der Waals surface area (Å²) in [5, 5.41) is 4.82. The molecule has 0 aliphatic heterocycles. The summed E-state index contributed by atoms with van der Waals surface area (Å²) < 4.78 is 11.5. The van der Waals surface area contributed by atoms with Gasteiger partial charge in [0.25, 0.3) is 5.91 Å². The van der Waals surface area contributed by atoms with E-state index in [9.17, 15) is 4.79 Å². The molecular formula is C22H23NO3S. The third-order valence-electron chi connectivity index (χ3n) is 3.94. The van der Waals surface area contributed by atoms with Crippen molar-refractivity contribution in [2.24, 2.45) is 0 Å². The second-order valence-corrected chi connectivity index (χ2v) is 6.98. The molecule has 0 saturated carbocycles. The molecule has 1 heterocycles. The van der Waals surface area contributed by atoms with E-state index in [4.69, 9.17) is 9.47 Å². The van der Waals surface area contributed by atoms with Crippen molar-refractivity contribution >= 4 is 17.2 Å². The van der Waals surface area contributed by atoms with Crippen molar-refractivity contribution in [3.8, 4) is 11.5 Å². The minimum atomic E-state index is -0.00277. The van der Waals surface area contributed by atoms with Gasteiger partial charge in [-0.3, -0.25) is 4.79 Å². The Hall–Kier alpha value is -2.79. The molecule has 0 saturated heterocycles. The predicted molar refractivity (Wildman–Crippen MR) is 109 cm³/mol. The minimum absolute atomic E-state index is 0.00277. The maximum absolute atomic E-state index is 11.8. The smallest absolute Gasteiger partial charge is 0.261 e. The zero-order chi connectivity index (χ0) is 18.7. The number of rotatable bonds is 10. The Labute approximate surface area is 163 Å². The van der Waals surface area contributed by atoms with Gasteiger partial charge in [0, 0.05) is 6.54 Å². The van der Waals surface area contributed by atoms with Gasteiger partial charge < -0.3 is 14.8 Å². The lowest BCUT2D eigenvalue weighted by atomic mass is 10.2. The van der Waals surface area contributed by atoms with Crippen molar-refractivity contribution in [3.63, 3.8) is 0 Å². The first-order chi connectivity index (χ1) is 13.3. The van der Waals surface area contributed by atoms with Crippen LogP contribution in [0.15, 0.2) is 72.1 Å². The Kier molecular flexibility index (Phi) is 7.30. The van der Waals surface area contributed by atoms with E-state index in [1.807, 2.05) is 72.1 Å². The SMILES string of the molecule is O=C(NCCCCOc1ccc(OCc2ccccc2)cc1)c1cccs1. The van der Waals surface area contributed by atoms with E-state index < -0.39 is 0 Å². The van der Waals surface area contributed by atoms with E-state index >= 15 is 0 Å². The number of benzene rings is 2. The molecule has 2 aromatic carbocycles. The molecule has 0 bridgehead atoms. The first-order valence-electron chi connectivity index (χ1n) is 9.02. The highest BCUT2D eigenvalue weighted by Gasteiger charge is 2.04. The largest absolute Gasteiger partial charge is 0.494 e. The third-order valence-corrected chi connectivity index (χ3v) is 4.81. The summed E-state index contributed by atoms with van der Waals surface area (Å²) in [6, 6.07) is 21.5. The average molecular weight is 381 g/mol. The maximum Gasteiger partial charge on any atom is 0.261 e. The van der Waals surface area contributed by atoms with Gasteiger partial charge in [0.2, 0.25) is 0 Å². The maximum atomic E-state index is 11.8. The Morgan fingerprint density at radius 1 is 0.852 bits per heavy atom. The molecule has 3 rings (SSSR count). The number of hydrogen-bond acceptors (Lipinski definition) is 4. The van der Waals surface area contributed by atoms with Gasteiger partial charge >= 0.3 is 0 Å². The number of nitrogens with one attached hydrogen (secondary N) is 1. The molecule has 1 amide bonds. The number of ether oxygens (including phenoxy) is 2. The zero-order valence-corrected chi connectivity index (χ0v) is 15.9. The number of carbonyl (C=O) groups excluding carboxylic acids is 1. The molecule has 0 fully saturated rings. The second-order valence-electron chi connectivity index (χ2n) is 6.03. The van der Waals surface area contributed by atoms with Crippen molar-refractivity contribution in [2.75, 3.05) is 13.2 Å². The summed E-state index contributed by atoms with van der Waals surface area (Å²) in [6.07, 6.45) is 1.77. The van der Waals surface area contributed by atoms with Crippen LogP contribution in [0.2, 0.25) is 0 Å². The molecule has 27 heavy (non-hydrogen) atoms. The van der Waals surface area contributed by atoms with E-state index in [2.05, 4.69) is 5.32 Å². The molecule has 140 valence electrons. The monoisotopic (exact) mass is 381 g/mol. The lowest BCUT2D eigenvalue weighted by Crippen LogP contribution is -2.23. The van der Waals surface area contributed by atoms with Crippen LogP contribution < -0.4 is 14.8 Å². The predicted octanol–water partition coefficient (Wildman–Crippen LogP) is 4.92. The van der Waals surface area contributed by atoms with Crippen LogP contribution in [-0.2, 0) is 6.61 Å². The molecule has 0 atom stereocenters. The summed E-state index contributed by atoms with van der Waals surface area (Å²) in [4.78, 5) is 12.5. The lowest BCUT2D eigenvalue weighted by Gasteiger charge is -2.09. The first-order valence-corrected chi connectivity index (χ1v) is 9.90. The van der Waals surface area contributed by atoms with Crippen LogP contribution >= 0.6 is 11.3 Å². The van der Waals surface area contributed by atoms with E-state index in [1.54, 1.807) is 0 Å². The van der Waals surface area contributed by atoms with Crippen molar-refractivity contribution in [3.05, 3.63) is 82.6 Å². The summed E-state index contributed by atoms with van der Waals surface area (Å²) in [5.74, 6) is 1.64. The Morgan fingerprint density at radius 2 is 1.59 bits per heavy atom. The number of amides is 1. The normalized spacial score (nSPS) is 10.4. The Bertz CT molecular complexity index is 801. The number of carbonyl (C=O) groups is 1. The highest BCUT2D eigenvalue weighted by Crippen LogP contribution is 2.19. The van der Waals surface area contributed by atoms with Crippen LogP contribution in [0, 0.1) is 0 Å². The van der Waals surface area contributed by atoms with Crippen LogP contribution in [0.5, 0.6) is 11.5 Å². The number of hydrogen-bond donors (Lipinski definition) is 1. The van der Waals surface area contributed by atoms with E-state index in [1.165, 1.54) is 11.3 Å². The van der Waals surface area contributed by atoms with Gasteiger partial charge in [-0.2, -0.15) is 0 Å². The fraction of sp³-hybridized carbons (Fsp3) is 0.227. The third kappa shape index (κ3) is 6.46. The summed E-state index contributed by atoms with van der Waals surface area (Å²) in [7, 11) is 0. The minimum Gasteiger partial charge on any atom is -0.494 e. The number of unbranched alkanes of at least 4 members (excludes halogenated alkanes) is 1. The molecular weight excluding hydrogens is 358 g/mol. The topological polar surface area (TPSA) is 47.6 Å². The van der Waals surface area contributed by atoms with E-state index in [0.717, 1.165) is 34.8 Å². The van der Waals surface area contributed by atoms with Crippen molar-refractivity contribution in [1.29, 1.82) is 0 Å². The van der Waals surface area contributed by atoms with Crippen molar-refractivity contribution in [2.45, 2.75) is 19.4 Å². The molecule has 0 aliphatic carbocycles. The fourth-order valence-corrected chi connectivity index (χ4v) is 3.13. The Balaban J connectivity index is 1.29. The molecule has 0 radical (unpaired) electrons. The molecule has 1 aromatic heterocycles. The zero-order valence-electron chi connectivity index (χ0n) is 15.1. The molecule has 0 unspecified atom stereocenters. The summed E-state index contributed by atoms with van der Waals surface area (Å²) in [6.45, 7) is 1.84. The van der Waals surface area contributed by atoms with Gasteiger partial charge in [0.05, 0.1) is 11.5 Å². The quantitative estimate of drug-likeness (QED) is 0.507. The molecule has 0 spiro atoms. The van der Waals surface area contributed by atoms with E-state index in [0.29, 0.717) is 19.8 Å².